The van der Waals surface area contributed by atoms with Crippen LogP contribution in [0.5, 0.6) is 0 Å². The van der Waals surface area contributed by atoms with Crippen molar-refractivity contribution >= 4 is 33.9 Å². The van der Waals surface area contributed by atoms with Crippen molar-refractivity contribution in [1.82, 2.24) is 9.97 Å². The fraction of sp³-hybridized carbons (Fsp3) is 0.250. The second kappa shape index (κ2) is 5.92. The summed E-state index contributed by atoms with van der Waals surface area (Å²) < 4.78 is 0. The highest BCUT2D eigenvalue weighted by molar-refractivity contribution is 7.18. The fourth-order valence-corrected chi connectivity index (χ4v) is 3.51. The second-order valence-electron chi connectivity index (χ2n) is 5.38. The largest absolute Gasteiger partial charge is 0.507 e. The fourth-order valence-electron chi connectivity index (χ4n) is 2.48. The van der Waals surface area contributed by atoms with Gasteiger partial charge in [0, 0.05) is 30.5 Å². The topological polar surface area (TPSA) is 92.2 Å². The van der Waals surface area contributed by atoms with Gasteiger partial charge in [0.2, 0.25) is 11.7 Å². The normalized spacial score (nSPS) is 16.0. The van der Waals surface area contributed by atoms with Crippen molar-refractivity contribution < 1.29 is 14.7 Å². The maximum absolute atomic E-state index is 12.6. The van der Waals surface area contributed by atoms with Crippen LogP contribution in [0.25, 0.3) is 5.76 Å². The number of anilines is 1. The number of Topliss-reactive ketones (excluding diaryl/α,β-unsaturated/α-hetero) is 1. The van der Waals surface area contributed by atoms with Crippen LogP contribution in [0.1, 0.15) is 39.8 Å². The molecule has 0 saturated heterocycles. The number of thiazole rings is 1. The molecule has 2 aromatic heterocycles. The van der Waals surface area contributed by atoms with Crippen molar-refractivity contribution in [2.45, 2.75) is 26.7 Å². The van der Waals surface area contributed by atoms with E-state index in [1.54, 1.807) is 12.3 Å². The number of nitrogens with one attached hydrogen (secondary N) is 1. The molecule has 0 radical (unpaired) electrons. The lowest BCUT2D eigenvalue weighted by atomic mass is 9.93. The van der Waals surface area contributed by atoms with Crippen LogP contribution in [0.2, 0.25) is 0 Å². The Bertz CT molecular complexity index is 839. The van der Waals surface area contributed by atoms with Crippen LogP contribution in [-0.4, -0.2) is 26.8 Å². The second-order valence-corrected chi connectivity index (χ2v) is 6.38. The molecule has 0 aromatic carbocycles. The smallest absolute Gasteiger partial charge is 0.223 e. The maximum atomic E-state index is 12.6. The summed E-state index contributed by atoms with van der Waals surface area (Å²) in [6.45, 7) is 3.27. The van der Waals surface area contributed by atoms with Crippen LogP contribution in [-0.2, 0) is 11.2 Å². The third-order valence-corrected chi connectivity index (χ3v) is 4.52. The molecule has 2 N–H and O–H groups in total. The number of fused-ring (bicyclic) bond motifs is 1. The SMILES string of the molecule is CC(=O)Nc1nc2c(s1)C(=O)C(=C(O)c1cncc(C)c1)CC2. The molecule has 1 amide bonds. The van der Waals surface area contributed by atoms with E-state index in [-0.39, 0.29) is 17.4 Å². The summed E-state index contributed by atoms with van der Waals surface area (Å²) in [7, 11) is 0. The lowest BCUT2D eigenvalue weighted by Gasteiger charge is -2.14. The van der Waals surface area contributed by atoms with Gasteiger partial charge in [-0.15, -0.1) is 0 Å². The minimum absolute atomic E-state index is 0.0358. The van der Waals surface area contributed by atoms with E-state index in [0.717, 1.165) is 16.9 Å². The average Bonchev–Trinajstić information content (AvgIpc) is 2.89. The molecule has 0 atom stereocenters. The number of hydrogen-bond donors (Lipinski definition) is 2. The molecule has 6 nitrogen and oxygen atoms in total. The van der Waals surface area contributed by atoms with E-state index in [9.17, 15) is 14.7 Å². The highest BCUT2D eigenvalue weighted by atomic mass is 32.1. The lowest BCUT2D eigenvalue weighted by molar-refractivity contribution is -0.114. The van der Waals surface area contributed by atoms with Gasteiger partial charge < -0.3 is 10.4 Å². The first kappa shape index (κ1) is 15.4. The molecule has 0 aliphatic heterocycles. The van der Waals surface area contributed by atoms with Gasteiger partial charge in [0.15, 0.2) is 5.13 Å². The Labute approximate surface area is 136 Å². The Morgan fingerprint density at radius 3 is 2.83 bits per heavy atom. The zero-order valence-electron chi connectivity index (χ0n) is 12.7. The zero-order chi connectivity index (χ0) is 16.6. The van der Waals surface area contributed by atoms with Crippen LogP contribution in [0.15, 0.2) is 24.0 Å². The molecule has 1 aliphatic rings. The molecule has 0 unspecified atom stereocenters. The summed E-state index contributed by atoms with van der Waals surface area (Å²) in [6, 6.07) is 1.79. The molecular weight excluding hydrogens is 314 g/mol. The van der Waals surface area contributed by atoms with Gasteiger partial charge in [-0.1, -0.05) is 11.3 Å². The van der Waals surface area contributed by atoms with E-state index in [0.29, 0.717) is 39.7 Å². The van der Waals surface area contributed by atoms with Crippen molar-refractivity contribution in [3.8, 4) is 0 Å². The van der Waals surface area contributed by atoms with Crippen LogP contribution in [0.4, 0.5) is 5.13 Å². The monoisotopic (exact) mass is 329 g/mol. The number of aliphatic hydroxyl groups is 1. The van der Waals surface area contributed by atoms with E-state index in [1.807, 2.05) is 6.92 Å². The number of nitrogens with zero attached hydrogens (tertiary/aromatic N) is 2. The highest BCUT2D eigenvalue weighted by Crippen LogP contribution is 2.34. The Morgan fingerprint density at radius 1 is 1.35 bits per heavy atom. The quantitative estimate of drug-likeness (QED) is 0.653. The van der Waals surface area contributed by atoms with Crippen molar-refractivity contribution in [1.29, 1.82) is 0 Å². The van der Waals surface area contributed by atoms with Gasteiger partial charge in [0.05, 0.1) is 5.69 Å². The number of aliphatic hydroxyl groups excluding tert-OH is 1. The molecule has 0 bridgehead atoms. The minimum Gasteiger partial charge on any atom is -0.507 e. The number of hydrogen-bond acceptors (Lipinski definition) is 6. The summed E-state index contributed by atoms with van der Waals surface area (Å²) >= 11 is 1.14. The summed E-state index contributed by atoms with van der Waals surface area (Å²) in [5.74, 6) is -0.501. The van der Waals surface area contributed by atoms with E-state index in [1.165, 1.54) is 13.1 Å². The van der Waals surface area contributed by atoms with Crippen molar-refractivity contribution in [2.75, 3.05) is 5.32 Å². The number of allylic oxidation sites excluding steroid dienone is 1. The number of rotatable bonds is 2. The molecule has 0 saturated carbocycles. The number of ketones is 1. The third-order valence-electron chi connectivity index (χ3n) is 3.51. The average molecular weight is 329 g/mol. The van der Waals surface area contributed by atoms with Crippen LogP contribution in [0.3, 0.4) is 0 Å². The Balaban J connectivity index is 1.98. The first-order valence-corrected chi connectivity index (χ1v) is 7.93. The molecule has 23 heavy (non-hydrogen) atoms. The number of amides is 1. The van der Waals surface area contributed by atoms with Crippen molar-refractivity contribution in [3.63, 3.8) is 0 Å². The number of carbonyl (C=O) groups excluding carboxylic acids is 2. The molecular formula is C16H15N3O3S. The summed E-state index contributed by atoms with van der Waals surface area (Å²) in [4.78, 5) is 32.5. The zero-order valence-corrected chi connectivity index (χ0v) is 13.5. The summed E-state index contributed by atoms with van der Waals surface area (Å²) in [6.07, 6.45) is 4.18. The number of pyridine rings is 1. The van der Waals surface area contributed by atoms with Gasteiger partial charge in [-0.2, -0.15) is 0 Å². The number of aryl methyl sites for hydroxylation is 2. The Kier molecular flexibility index (Phi) is 3.96. The number of carbonyl (C=O) groups is 2. The maximum Gasteiger partial charge on any atom is 0.223 e. The van der Waals surface area contributed by atoms with Crippen molar-refractivity contribution in [3.05, 3.63) is 45.7 Å². The Hall–Kier alpha value is -2.54. The predicted octanol–water partition coefficient (Wildman–Crippen LogP) is 2.90. The van der Waals surface area contributed by atoms with Crippen LogP contribution < -0.4 is 5.32 Å². The standard InChI is InChI=1S/C16H15N3O3S/c1-8-5-10(7-17-6-8)13(21)11-3-4-12-15(14(11)22)23-16(19-12)18-9(2)20/h5-7,21H,3-4H2,1-2H3,(H,18,19,20). The lowest BCUT2D eigenvalue weighted by Crippen LogP contribution is -2.14. The van der Waals surface area contributed by atoms with Gasteiger partial charge in [-0.25, -0.2) is 4.98 Å². The number of aromatic nitrogens is 2. The summed E-state index contributed by atoms with van der Waals surface area (Å²) in [5, 5.41) is 13.5. The molecule has 7 heteroatoms. The summed E-state index contributed by atoms with van der Waals surface area (Å²) in [5.41, 5.74) is 2.47. The van der Waals surface area contributed by atoms with Gasteiger partial charge in [0.1, 0.15) is 10.6 Å². The molecule has 2 heterocycles. The predicted molar refractivity (Wildman–Crippen MR) is 87.6 cm³/mol. The van der Waals surface area contributed by atoms with Gasteiger partial charge >= 0.3 is 0 Å². The molecule has 0 spiro atoms. The first-order chi connectivity index (χ1) is 11.0. The van der Waals surface area contributed by atoms with E-state index in [4.69, 9.17) is 0 Å². The van der Waals surface area contributed by atoms with Gasteiger partial charge in [0.25, 0.3) is 0 Å². The molecule has 1 aliphatic carbocycles. The highest BCUT2D eigenvalue weighted by Gasteiger charge is 2.29. The molecule has 118 valence electrons. The van der Waals surface area contributed by atoms with Crippen LogP contribution >= 0.6 is 11.3 Å². The molecule has 3 rings (SSSR count). The van der Waals surface area contributed by atoms with E-state index in [2.05, 4.69) is 15.3 Å². The van der Waals surface area contributed by atoms with Gasteiger partial charge in [-0.3, -0.25) is 14.6 Å². The molecule has 2 aromatic rings. The molecule has 0 fully saturated rings. The minimum atomic E-state index is -0.237. The van der Waals surface area contributed by atoms with Crippen LogP contribution in [0, 0.1) is 6.92 Å². The van der Waals surface area contributed by atoms with Crippen molar-refractivity contribution in [2.24, 2.45) is 0 Å². The third kappa shape index (κ3) is 3.00. The van der Waals surface area contributed by atoms with E-state index >= 15 is 0 Å². The van der Waals surface area contributed by atoms with E-state index < -0.39 is 0 Å². The first-order valence-electron chi connectivity index (χ1n) is 7.12. The Morgan fingerprint density at radius 2 is 2.13 bits per heavy atom. The van der Waals surface area contributed by atoms with Gasteiger partial charge in [-0.05, 0) is 31.4 Å².